The van der Waals surface area contributed by atoms with Crippen molar-refractivity contribution in [2.45, 2.75) is 0 Å². The number of aromatic nitrogens is 3. The summed E-state index contributed by atoms with van der Waals surface area (Å²) in [5, 5.41) is 3.65. The van der Waals surface area contributed by atoms with Gasteiger partial charge in [0.1, 0.15) is 0 Å². The Kier molecular flexibility index (Phi) is 4.07. The number of aromatic amines is 1. The van der Waals surface area contributed by atoms with Crippen LogP contribution < -0.4 is 5.32 Å². The number of fused-ring (bicyclic) bond motifs is 2. The van der Waals surface area contributed by atoms with Crippen LogP contribution in [0.3, 0.4) is 0 Å². The highest BCUT2D eigenvalue weighted by Crippen LogP contribution is 2.32. The van der Waals surface area contributed by atoms with Crippen molar-refractivity contribution in [2.75, 3.05) is 5.32 Å². The Balaban J connectivity index is 1.59. The second-order valence-electron chi connectivity index (χ2n) is 6.23. The summed E-state index contributed by atoms with van der Waals surface area (Å²) in [5.41, 5.74) is 3.66. The number of imidazole rings is 1. The number of para-hydroxylation sites is 3. The number of carbonyl (C=O) groups excluding carboxylic acids is 1. The van der Waals surface area contributed by atoms with Crippen molar-refractivity contribution in [1.82, 2.24) is 15.0 Å². The first-order valence-electron chi connectivity index (χ1n) is 8.59. The monoisotopic (exact) mass is 404 g/mol. The third-order valence-corrected chi connectivity index (χ3v) is 5.66. The maximum atomic E-state index is 13.1. The van der Waals surface area contributed by atoms with Crippen LogP contribution in [0, 0.1) is 0 Å². The number of nitrogens with one attached hydrogen (secondary N) is 2. The Bertz CT molecular complexity index is 1310. The fourth-order valence-corrected chi connectivity index (χ4v) is 4.13. The van der Waals surface area contributed by atoms with Crippen LogP contribution in [0.2, 0.25) is 4.34 Å². The molecule has 0 radical (unpaired) electrons. The zero-order valence-corrected chi connectivity index (χ0v) is 16.0. The van der Waals surface area contributed by atoms with E-state index in [9.17, 15) is 4.79 Å². The lowest BCUT2D eigenvalue weighted by Gasteiger charge is -2.08. The highest BCUT2D eigenvalue weighted by atomic mass is 35.5. The van der Waals surface area contributed by atoms with E-state index in [1.165, 1.54) is 11.3 Å². The minimum atomic E-state index is -0.249. The third-order valence-electron chi connectivity index (χ3n) is 4.41. The number of H-pyrrole nitrogens is 1. The Morgan fingerprint density at radius 1 is 0.964 bits per heavy atom. The van der Waals surface area contributed by atoms with Crippen LogP contribution in [-0.2, 0) is 0 Å². The number of nitrogens with zero attached hydrogens (tertiary/aromatic N) is 2. The Morgan fingerprint density at radius 2 is 1.75 bits per heavy atom. The number of thiophene rings is 1. The van der Waals surface area contributed by atoms with E-state index in [0.29, 0.717) is 21.5 Å². The Labute approximate surface area is 169 Å². The van der Waals surface area contributed by atoms with Gasteiger partial charge in [-0.15, -0.1) is 11.3 Å². The van der Waals surface area contributed by atoms with Crippen LogP contribution in [0.5, 0.6) is 0 Å². The van der Waals surface area contributed by atoms with E-state index >= 15 is 0 Å². The van der Waals surface area contributed by atoms with Crippen LogP contribution in [0.25, 0.3) is 32.5 Å². The van der Waals surface area contributed by atoms with E-state index in [1.807, 2.05) is 60.7 Å². The van der Waals surface area contributed by atoms with Crippen LogP contribution in [0.1, 0.15) is 10.4 Å². The summed E-state index contributed by atoms with van der Waals surface area (Å²) in [6.45, 7) is 0. The van der Waals surface area contributed by atoms with E-state index in [2.05, 4.69) is 15.3 Å². The number of hydrogen-bond donors (Lipinski definition) is 2. The molecule has 0 spiro atoms. The number of carbonyl (C=O) groups is 1. The molecule has 0 aliphatic carbocycles. The number of halogens is 1. The van der Waals surface area contributed by atoms with Gasteiger partial charge in [0, 0.05) is 5.39 Å². The lowest BCUT2D eigenvalue weighted by atomic mass is 10.1. The van der Waals surface area contributed by atoms with Gasteiger partial charge < -0.3 is 4.98 Å². The molecule has 0 aliphatic rings. The summed E-state index contributed by atoms with van der Waals surface area (Å²) < 4.78 is 0.679. The van der Waals surface area contributed by atoms with E-state index < -0.39 is 0 Å². The molecular weight excluding hydrogens is 392 g/mol. The molecule has 136 valence electrons. The van der Waals surface area contributed by atoms with Gasteiger partial charge in [-0.1, -0.05) is 41.9 Å². The van der Waals surface area contributed by atoms with Crippen LogP contribution in [0.15, 0.2) is 66.7 Å². The van der Waals surface area contributed by atoms with Crippen molar-refractivity contribution < 1.29 is 4.79 Å². The van der Waals surface area contributed by atoms with Gasteiger partial charge in [0.2, 0.25) is 5.95 Å². The lowest BCUT2D eigenvalue weighted by molar-refractivity contribution is 0.102. The average Bonchev–Trinajstić information content (AvgIpc) is 3.32. The maximum absolute atomic E-state index is 13.1. The Morgan fingerprint density at radius 3 is 2.54 bits per heavy atom. The van der Waals surface area contributed by atoms with Gasteiger partial charge in [0.25, 0.3) is 5.91 Å². The van der Waals surface area contributed by atoms with Crippen molar-refractivity contribution in [3.8, 4) is 10.6 Å². The number of benzene rings is 2. The van der Waals surface area contributed by atoms with Crippen molar-refractivity contribution in [1.29, 1.82) is 0 Å². The molecule has 3 aromatic heterocycles. The summed E-state index contributed by atoms with van der Waals surface area (Å²) in [6.07, 6.45) is 0. The first-order chi connectivity index (χ1) is 13.7. The fourth-order valence-electron chi connectivity index (χ4n) is 3.13. The topological polar surface area (TPSA) is 70.7 Å². The molecule has 7 heteroatoms. The maximum Gasteiger partial charge on any atom is 0.258 e. The predicted octanol–water partition coefficient (Wildman–Crippen LogP) is 5.75. The number of hydrogen-bond acceptors (Lipinski definition) is 4. The summed E-state index contributed by atoms with van der Waals surface area (Å²) in [5.74, 6) is 0.161. The quantitative estimate of drug-likeness (QED) is 0.402. The molecule has 2 aromatic carbocycles. The molecule has 2 N–H and O–H groups in total. The van der Waals surface area contributed by atoms with Crippen molar-refractivity contribution in [2.24, 2.45) is 0 Å². The van der Waals surface area contributed by atoms with Crippen LogP contribution >= 0.6 is 22.9 Å². The summed E-state index contributed by atoms with van der Waals surface area (Å²) >= 11 is 7.51. The number of amides is 1. The fraction of sp³-hybridized carbons (Fsp3) is 0. The van der Waals surface area contributed by atoms with Crippen molar-refractivity contribution >= 4 is 56.7 Å². The molecule has 0 unspecified atom stereocenters. The molecule has 5 aromatic rings. The highest BCUT2D eigenvalue weighted by Gasteiger charge is 2.16. The summed E-state index contributed by atoms with van der Waals surface area (Å²) in [4.78, 5) is 26.2. The van der Waals surface area contributed by atoms with Gasteiger partial charge in [-0.3, -0.25) is 10.1 Å². The molecule has 3 heterocycles. The number of rotatable bonds is 3. The minimum Gasteiger partial charge on any atom is -0.324 e. The van der Waals surface area contributed by atoms with Gasteiger partial charge in [-0.05, 0) is 36.4 Å². The molecule has 5 rings (SSSR count). The molecule has 0 saturated carbocycles. The molecular formula is C21H13ClN4OS. The molecule has 28 heavy (non-hydrogen) atoms. The SMILES string of the molecule is O=C(Nc1nc2ccccc2[nH]1)c1cc(-c2ccc(Cl)s2)nc2ccccc12. The van der Waals surface area contributed by atoms with Crippen LogP contribution in [-0.4, -0.2) is 20.9 Å². The molecule has 5 nitrogen and oxygen atoms in total. The Hall–Kier alpha value is -3.22. The van der Waals surface area contributed by atoms with Crippen molar-refractivity contribution in [3.63, 3.8) is 0 Å². The molecule has 1 amide bonds. The first-order valence-corrected chi connectivity index (χ1v) is 9.78. The average molecular weight is 405 g/mol. The zero-order chi connectivity index (χ0) is 19.1. The van der Waals surface area contributed by atoms with Gasteiger partial charge in [-0.25, -0.2) is 9.97 Å². The first kappa shape index (κ1) is 16.9. The van der Waals surface area contributed by atoms with E-state index in [0.717, 1.165) is 26.8 Å². The minimum absolute atomic E-state index is 0.249. The second kappa shape index (κ2) is 6.74. The smallest absolute Gasteiger partial charge is 0.258 e. The van der Waals surface area contributed by atoms with Crippen molar-refractivity contribution in [3.05, 3.63) is 76.6 Å². The lowest BCUT2D eigenvalue weighted by Crippen LogP contribution is -2.14. The summed E-state index contributed by atoms with van der Waals surface area (Å²) in [7, 11) is 0. The molecule has 0 fully saturated rings. The van der Waals surface area contributed by atoms with E-state index in [4.69, 9.17) is 16.6 Å². The van der Waals surface area contributed by atoms with Gasteiger partial charge in [0.05, 0.1) is 37.0 Å². The van der Waals surface area contributed by atoms with Gasteiger partial charge in [-0.2, -0.15) is 0 Å². The van der Waals surface area contributed by atoms with E-state index in [1.54, 1.807) is 6.07 Å². The summed E-state index contributed by atoms with van der Waals surface area (Å²) in [6, 6.07) is 20.7. The van der Waals surface area contributed by atoms with E-state index in [-0.39, 0.29) is 5.91 Å². The number of anilines is 1. The molecule has 0 bridgehead atoms. The predicted molar refractivity (Wildman–Crippen MR) is 114 cm³/mol. The molecule has 0 saturated heterocycles. The molecule has 0 atom stereocenters. The zero-order valence-electron chi connectivity index (χ0n) is 14.4. The normalized spacial score (nSPS) is 11.2. The highest BCUT2D eigenvalue weighted by molar-refractivity contribution is 7.19. The second-order valence-corrected chi connectivity index (χ2v) is 7.95. The largest absolute Gasteiger partial charge is 0.324 e. The van der Waals surface area contributed by atoms with Crippen LogP contribution in [0.4, 0.5) is 5.95 Å². The van der Waals surface area contributed by atoms with Gasteiger partial charge in [0.15, 0.2) is 0 Å². The van der Waals surface area contributed by atoms with Gasteiger partial charge >= 0.3 is 0 Å². The number of pyridine rings is 1. The third kappa shape index (κ3) is 3.02. The standard InChI is InChI=1S/C21H13ClN4OS/c22-19-10-9-18(28-19)17-11-13(12-5-1-2-6-14(12)23-17)20(27)26-21-24-15-7-3-4-8-16(15)25-21/h1-11H,(H2,24,25,26,27). The molecule has 0 aliphatic heterocycles.